The van der Waals surface area contributed by atoms with Gasteiger partial charge < -0.3 is 10.2 Å². The second kappa shape index (κ2) is 9.08. The van der Waals surface area contributed by atoms with Gasteiger partial charge in [-0.3, -0.25) is 9.80 Å². The number of para-hydroxylation sites is 1. The number of pyridine rings is 1. The van der Waals surface area contributed by atoms with E-state index in [0.717, 1.165) is 59.8 Å². The number of nitrogens with one attached hydrogen (secondary N) is 1. The number of fused-ring (bicyclic) bond motifs is 2. The van der Waals surface area contributed by atoms with Crippen molar-refractivity contribution in [1.82, 2.24) is 29.6 Å². The molecule has 4 heterocycles. The molecule has 176 valence electrons. The van der Waals surface area contributed by atoms with E-state index in [1.807, 2.05) is 43.6 Å². The third-order valence-electron chi connectivity index (χ3n) is 6.39. The van der Waals surface area contributed by atoms with Crippen molar-refractivity contribution in [2.45, 2.75) is 19.9 Å². The zero-order chi connectivity index (χ0) is 23.8. The maximum absolute atomic E-state index is 11.8. The highest BCUT2D eigenvalue weighted by Crippen LogP contribution is 2.33. The molecule has 5 rings (SSSR count). The van der Waals surface area contributed by atoms with Crippen LogP contribution >= 0.6 is 11.6 Å². The molecule has 0 saturated carbocycles. The number of anilines is 2. The summed E-state index contributed by atoms with van der Waals surface area (Å²) >= 11 is 6.51. The maximum atomic E-state index is 11.8. The van der Waals surface area contributed by atoms with E-state index in [0.29, 0.717) is 5.02 Å². The summed E-state index contributed by atoms with van der Waals surface area (Å²) in [5.41, 5.74) is 2.76. The lowest BCUT2D eigenvalue weighted by atomic mass is 10.0. The van der Waals surface area contributed by atoms with Crippen LogP contribution < -0.4 is 10.2 Å². The number of hydrazine groups is 1. The van der Waals surface area contributed by atoms with Gasteiger partial charge in [0.15, 0.2) is 5.82 Å². The number of rotatable bonds is 5. The molecule has 34 heavy (non-hydrogen) atoms. The molecule has 4 aromatic rings. The second-order valence-corrected chi connectivity index (χ2v) is 8.92. The summed E-state index contributed by atoms with van der Waals surface area (Å²) in [4.78, 5) is 23.6. The Kier molecular flexibility index (Phi) is 5.97. The van der Waals surface area contributed by atoms with E-state index in [9.17, 15) is 4.79 Å². The highest BCUT2D eigenvalue weighted by atomic mass is 35.5. The van der Waals surface area contributed by atoms with Crippen molar-refractivity contribution in [2.75, 3.05) is 43.4 Å². The fourth-order valence-corrected chi connectivity index (χ4v) is 4.63. The Morgan fingerprint density at radius 2 is 1.97 bits per heavy atom. The lowest BCUT2D eigenvalue weighted by molar-refractivity contribution is -0.143. The van der Waals surface area contributed by atoms with Crippen LogP contribution in [0.15, 0.2) is 48.9 Å². The number of aromatic nitrogens is 4. The first-order valence-electron chi connectivity index (χ1n) is 11.3. The van der Waals surface area contributed by atoms with Gasteiger partial charge in [-0.2, -0.15) is 5.10 Å². The summed E-state index contributed by atoms with van der Waals surface area (Å²) < 4.78 is 1.80. The van der Waals surface area contributed by atoms with E-state index in [-0.39, 0.29) is 11.9 Å². The van der Waals surface area contributed by atoms with Gasteiger partial charge in [0.25, 0.3) is 0 Å². The van der Waals surface area contributed by atoms with Crippen molar-refractivity contribution in [3.05, 3.63) is 59.5 Å². The molecule has 1 N–H and O–H groups in total. The minimum atomic E-state index is -0.0718. The van der Waals surface area contributed by atoms with Gasteiger partial charge in [-0.15, -0.1) is 0 Å². The summed E-state index contributed by atoms with van der Waals surface area (Å²) in [6.45, 7) is 6.65. The quantitative estimate of drug-likeness (QED) is 0.469. The van der Waals surface area contributed by atoms with E-state index in [2.05, 4.69) is 38.3 Å². The predicted octanol–water partition coefficient (Wildman–Crippen LogP) is 3.62. The Morgan fingerprint density at radius 1 is 1.18 bits per heavy atom. The Hall–Kier alpha value is -3.43. The van der Waals surface area contributed by atoms with Gasteiger partial charge in [0, 0.05) is 57.3 Å². The van der Waals surface area contributed by atoms with Crippen LogP contribution in [0.4, 0.5) is 11.6 Å². The van der Waals surface area contributed by atoms with Crippen molar-refractivity contribution in [3.8, 4) is 0 Å². The van der Waals surface area contributed by atoms with Gasteiger partial charge in [0.05, 0.1) is 16.6 Å². The SMILES string of the molecule is CC(=O)N(C)N1CCN(c2nc3c(Cl)cccc3cc2[C@H](C)Nc2ncnn3cccc23)CC1. The topological polar surface area (TPSA) is 81.9 Å². The number of hydrogen-bond donors (Lipinski definition) is 1. The molecule has 1 saturated heterocycles. The van der Waals surface area contributed by atoms with Gasteiger partial charge in [0.2, 0.25) is 5.91 Å². The predicted molar refractivity (Wildman–Crippen MR) is 134 cm³/mol. The summed E-state index contributed by atoms with van der Waals surface area (Å²) in [7, 11) is 1.81. The zero-order valence-electron chi connectivity index (χ0n) is 19.4. The number of piperazine rings is 1. The Bertz CT molecular complexity index is 1350. The first-order chi connectivity index (χ1) is 16.4. The zero-order valence-corrected chi connectivity index (χ0v) is 20.2. The molecule has 3 aromatic heterocycles. The maximum Gasteiger partial charge on any atom is 0.233 e. The van der Waals surface area contributed by atoms with Gasteiger partial charge in [-0.25, -0.2) is 19.5 Å². The molecule has 1 fully saturated rings. The summed E-state index contributed by atoms with van der Waals surface area (Å²) in [6, 6.07) is 11.9. The van der Waals surface area contributed by atoms with Crippen LogP contribution in [0.1, 0.15) is 25.5 Å². The number of benzene rings is 1. The summed E-state index contributed by atoms with van der Waals surface area (Å²) in [5, 5.41) is 13.2. The number of hydrogen-bond acceptors (Lipinski definition) is 7. The van der Waals surface area contributed by atoms with E-state index < -0.39 is 0 Å². The van der Waals surface area contributed by atoms with Crippen molar-refractivity contribution in [3.63, 3.8) is 0 Å². The van der Waals surface area contributed by atoms with Crippen LogP contribution in [-0.4, -0.2) is 68.7 Å². The van der Waals surface area contributed by atoms with Crippen molar-refractivity contribution >= 4 is 45.6 Å². The van der Waals surface area contributed by atoms with Gasteiger partial charge >= 0.3 is 0 Å². The summed E-state index contributed by atoms with van der Waals surface area (Å²) in [5.74, 6) is 1.69. The monoisotopic (exact) mass is 478 g/mol. The molecule has 0 spiro atoms. The second-order valence-electron chi connectivity index (χ2n) is 8.51. The number of amides is 1. The molecule has 0 unspecified atom stereocenters. The molecule has 1 aliphatic rings. The Morgan fingerprint density at radius 3 is 2.74 bits per heavy atom. The van der Waals surface area contributed by atoms with Crippen LogP contribution in [0.3, 0.4) is 0 Å². The molecule has 0 bridgehead atoms. The number of halogens is 1. The molecule has 1 aliphatic heterocycles. The molecule has 10 heteroatoms. The van der Waals surface area contributed by atoms with E-state index in [4.69, 9.17) is 16.6 Å². The smallest absolute Gasteiger partial charge is 0.233 e. The average Bonchev–Trinajstić information content (AvgIpc) is 3.33. The van der Waals surface area contributed by atoms with Gasteiger partial charge in [0.1, 0.15) is 17.7 Å². The number of carbonyl (C=O) groups excluding carboxylic acids is 1. The Balaban J connectivity index is 1.50. The minimum absolute atomic E-state index is 0.0316. The molecule has 1 atom stereocenters. The van der Waals surface area contributed by atoms with Crippen molar-refractivity contribution in [2.24, 2.45) is 0 Å². The van der Waals surface area contributed by atoms with Crippen LogP contribution in [0.2, 0.25) is 5.02 Å². The normalized spacial score (nSPS) is 15.6. The average molecular weight is 479 g/mol. The molecule has 1 amide bonds. The standard InChI is InChI=1S/C24H27ClN8O/c1-16(28-23-21-8-5-9-33(21)27-15-26-23)19-14-18-6-4-7-20(25)22(18)29-24(19)31-10-12-32(13-11-31)30(3)17(2)34/h4-9,14-16H,10-13H2,1-3H3,(H,26,27,28)/t16-/m0/s1. The van der Waals surface area contributed by atoms with Crippen LogP contribution in [0.25, 0.3) is 16.4 Å². The molecule has 0 radical (unpaired) electrons. The highest BCUT2D eigenvalue weighted by molar-refractivity contribution is 6.35. The molecule has 1 aromatic carbocycles. The number of carbonyl (C=O) groups is 1. The molecule has 0 aliphatic carbocycles. The van der Waals surface area contributed by atoms with Gasteiger partial charge in [-0.05, 0) is 31.2 Å². The van der Waals surface area contributed by atoms with Crippen molar-refractivity contribution in [1.29, 1.82) is 0 Å². The van der Waals surface area contributed by atoms with Crippen LogP contribution in [-0.2, 0) is 4.79 Å². The Labute approximate surface area is 202 Å². The fraction of sp³-hybridized carbons (Fsp3) is 0.333. The lowest BCUT2D eigenvalue weighted by Gasteiger charge is -2.40. The van der Waals surface area contributed by atoms with E-state index in [1.165, 1.54) is 0 Å². The molecular weight excluding hydrogens is 452 g/mol. The lowest BCUT2D eigenvalue weighted by Crippen LogP contribution is -2.54. The van der Waals surface area contributed by atoms with Gasteiger partial charge in [-0.1, -0.05) is 23.7 Å². The number of nitrogens with zero attached hydrogens (tertiary/aromatic N) is 7. The summed E-state index contributed by atoms with van der Waals surface area (Å²) in [6.07, 6.45) is 3.45. The molecule has 9 nitrogen and oxygen atoms in total. The highest BCUT2D eigenvalue weighted by Gasteiger charge is 2.26. The minimum Gasteiger partial charge on any atom is -0.362 e. The van der Waals surface area contributed by atoms with E-state index in [1.54, 1.807) is 22.8 Å². The third kappa shape index (κ3) is 4.12. The van der Waals surface area contributed by atoms with Crippen LogP contribution in [0, 0.1) is 0 Å². The molecular formula is C24H27ClN8O. The largest absolute Gasteiger partial charge is 0.362 e. The van der Waals surface area contributed by atoms with Crippen molar-refractivity contribution < 1.29 is 4.79 Å². The third-order valence-corrected chi connectivity index (χ3v) is 6.70. The first kappa shape index (κ1) is 22.4. The van der Waals surface area contributed by atoms with Crippen LogP contribution in [0.5, 0.6) is 0 Å². The fourth-order valence-electron chi connectivity index (χ4n) is 4.41. The first-order valence-corrected chi connectivity index (χ1v) is 11.7. The van der Waals surface area contributed by atoms with E-state index >= 15 is 0 Å².